The lowest BCUT2D eigenvalue weighted by Gasteiger charge is -2.45. The molecular weight excluding hydrogens is 512 g/mol. The molecule has 2 aromatic carbocycles. The molecule has 3 fully saturated rings. The van der Waals surface area contributed by atoms with E-state index in [-0.39, 0.29) is 36.0 Å². The Labute approximate surface area is 216 Å². The van der Waals surface area contributed by atoms with E-state index >= 15 is 0 Å². The molecule has 38 heavy (non-hydrogen) atoms. The molecule has 1 heterocycles. The fraction of sp³-hybridized carbons (Fsp3) is 0.536. The number of benzene rings is 2. The van der Waals surface area contributed by atoms with Crippen LogP contribution in [0.3, 0.4) is 0 Å². The zero-order valence-corrected chi connectivity index (χ0v) is 20.6. The Morgan fingerprint density at radius 2 is 1.79 bits per heavy atom. The number of hydrogen-bond acceptors (Lipinski definition) is 3. The van der Waals surface area contributed by atoms with Gasteiger partial charge in [-0.2, -0.15) is 26.3 Å². The summed E-state index contributed by atoms with van der Waals surface area (Å²) in [5, 5.41) is 9.28. The average Bonchev–Trinajstić information content (AvgIpc) is 3.56. The standard InChI is InChI=1S/C28H29F6NO3/c29-27(30,31)20-6-7-24(28(32,33)34)19(10-20)15-35-9-8-26(16-35)13-22(14-26)38-21-3-1-2-18(11-21)23(12-25(36)37)17-4-5-17/h1-3,6-7,10-11,17,22-23H,4-5,8-9,12-16H2,(H,36,37). The SMILES string of the molecule is O=C(O)CC(c1cccc(OC2CC3(CCN(Cc4cc(C(F)(F)F)ccc4C(F)(F)F)C3)C2)c1)C1CC1. The third-order valence-electron chi connectivity index (χ3n) is 8.15. The highest BCUT2D eigenvalue weighted by Crippen LogP contribution is 2.51. The molecule has 1 unspecified atom stereocenters. The second-order valence-electron chi connectivity index (χ2n) is 11.1. The summed E-state index contributed by atoms with van der Waals surface area (Å²) in [6, 6.07) is 9.16. The number of halogens is 6. The van der Waals surface area contributed by atoms with Crippen molar-refractivity contribution in [1.82, 2.24) is 4.90 Å². The number of rotatable bonds is 8. The molecule has 1 spiro atoms. The molecular formula is C28H29F6NO3. The molecule has 1 atom stereocenters. The summed E-state index contributed by atoms with van der Waals surface area (Å²) in [6.45, 7) is 0.816. The summed E-state index contributed by atoms with van der Waals surface area (Å²) in [5.41, 5.74) is -1.65. The lowest BCUT2D eigenvalue weighted by atomic mass is 9.66. The summed E-state index contributed by atoms with van der Waals surface area (Å²) in [4.78, 5) is 13.1. The van der Waals surface area contributed by atoms with Gasteiger partial charge in [0.25, 0.3) is 0 Å². The highest BCUT2D eigenvalue weighted by atomic mass is 19.4. The van der Waals surface area contributed by atoms with Crippen LogP contribution in [0, 0.1) is 11.3 Å². The highest BCUT2D eigenvalue weighted by Gasteiger charge is 2.50. The number of hydrogen-bond donors (Lipinski definition) is 1. The molecule has 206 valence electrons. The fourth-order valence-corrected chi connectivity index (χ4v) is 6.16. The number of alkyl halides is 6. The molecule has 4 nitrogen and oxygen atoms in total. The van der Waals surface area contributed by atoms with E-state index in [9.17, 15) is 36.2 Å². The van der Waals surface area contributed by atoms with Gasteiger partial charge in [0.15, 0.2) is 0 Å². The first-order valence-electron chi connectivity index (χ1n) is 12.8. The summed E-state index contributed by atoms with van der Waals surface area (Å²) >= 11 is 0. The zero-order chi connectivity index (χ0) is 27.3. The third kappa shape index (κ3) is 5.95. The minimum atomic E-state index is -4.73. The molecule has 2 saturated carbocycles. The lowest BCUT2D eigenvalue weighted by Crippen LogP contribution is -2.45. The Balaban J connectivity index is 1.20. The number of aliphatic carboxylic acids is 1. The summed E-state index contributed by atoms with van der Waals surface area (Å²) < 4.78 is 86.1. The molecule has 1 N–H and O–H groups in total. The molecule has 0 aromatic heterocycles. The van der Waals surface area contributed by atoms with E-state index in [0.717, 1.165) is 24.8 Å². The van der Waals surface area contributed by atoms with Crippen LogP contribution in [0.15, 0.2) is 42.5 Å². The van der Waals surface area contributed by atoms with Crippen molar-refractivity contribution in [3.63, 3.8) is 0 Å². The highest BCUT2D eigenvalue weighted by molar-refractivity contribution is 5.68. The Morgan fingerprint density at radius 3 is 2.42 bits per heavy atom. The van der Waals surface area contributed by atoms with Gasteiger partial charge in [-0.15, -0.1) is 0 Å². The largest absolute Gasteiger partial charge is 0.490 e. The molecule has 10 heteroatoms. The number of nitrogens with zero attached hydrogens (tertiary/aromatic N) is 1. The Kier molecular flexibility index (Phi) is 6.90. The maximum Gasteiger partial charge on any atom is 0.416 e. The van der Waals surface area contributed by atoms with Gasteiger partial charge in [-0.25, -0.2) is 0 Å². The monoisotopic (exact) mass is 541 g/mol. The lowest BCUT2D eigenvalue weighted by molar-refractivity contribution is -0.142. The Hall–Kier alpha value is -2.75. The molecule has 0 radical (unpaired) electrons. The quantitative estimate of drug-likeness (QED) is 0.362. The third-order valence-corrected chi connectivity index (χ3v) is 8.15. The summed E-state index contributed by atoms with van der Waals surface area (Å²) in [7, 11) is 0. The molecule has 2 aromatic rings. The fourth-order valence-electron chi connectivity index (χ4n) is 6.16. The molecule has 3 aliphatic rings. The molecule has 1 aliphatic heterocycles. The van der Waals surface area contributed by atoms with Crippen LogP contribution >= 0.6 is 0 Å². The van der Waals surface area contributed by atoms with Gasteiger partial charge in [0, 0.05) is 13.1 Å². The van der Waals surface area contributed by atoms with Gasteiger partial charge in [0.1, 0.15) is 5.75 Å². The van der Waals surface area contributed by atoms with Crippen molar-refractivity contribution in [1.29, 1.82) is 0 Å². The first kappa shape index (κ1) is 26.8. The minimum absolute atomic E-state index is 0.0374. The van der Waals surface area contributed by atoms with Crippen molar-refractivity contribution in [2.24, 2.45) is 11.3 Å². The number of carboxylic acid groups (broad SMARTS) is 1. The average molecular weight is 542 g/mol. The second kappa shape index (κ2) is 9.77. The molecule has 0 bridgehead atoms. The zero-order valence-electron chi connectivity index (χ0n) is 20.6. The van der Waals surface area contributed by atoms with E-state index in [1.807, 2.05) is 24.3 Å². The topological polar surface area (TPSA) is 49.8 Å². The number of likely N-dealkylation sites (tertiary alicyclic amines) is 1. The van der Waals surface area contributed by atoms with Gasteiger partial charge in [-0.1, -0.05) is 12.1 Å². The van der Waals surface area contributed by atoms with Crippen LogP contribution in [0.25, 0.3) is 0 Å². The van der Waals surface area contributed by atoms with Crippen molar-refractivity contribution in [3.8, 4) is 5.75 Å². The van der Waals surface area contributed by atoms with Crippen LogP contribution in [0.5, 0.6) is 5.75 Å². The van der Waals surface area contributed by atoms with E-state index in [2.05, 4.69) is 0 Å². The van der Waals surface area contributed by atoms with E-state index in [4.69, 9.17) is 4.74 Å². The predicted molar refractivity (Wildman–Crippen MR) is 127 cm³/mol. The van der Waals surface area contributed by atoms with Crippen molar-refractivity contribution >= 4 is 5.97 Å². The minimum Gasteiger partial charge on any atom is -0.490 e. The van der Waals surface area contributed by atoms with Crippen LogP contribution in [-0.4, -0.2) is 35.2 Å². The van der Waals surface area contributed by atoms with Crippen LogP contribution in [0.4, 0.5) is 26.3 Å². The van der Waals surface area contributed by atoms with Crippen molar-refractivity contribution in [2.45, 2.75) is 69.4 Å². The van der Waals surface area contributed by atoms with Crippen LogP contribution in [0.2, 0.25) is 0 Å². The van der Waals surface area contributed by atoms with Gasteiger partial charge in [0.2, 0.25) is 0 Å². The van der Waals surface area contributed by atoms with Crippen LogP contribution in [0.1, 0.15) is 66.7 Å². The van der Waals surface area contributed by atoms with Gasteiger partial charge < -0.3 is 9.84 Å². The van der Waals surface area contributed by atoms with Gasteiger partial charge in [-0.05, 0) is 97.4 Å². The van der Waals surface area contributed by atoms with E-state index in [1.54, 1.807) is 4.90 Å². The molecule has 5 rings (SSSR count). The van der Waals surface area contributed by atoms with E-state index in [0.29, 0.717) is 55.8 Å². The summed E-state index contributed by atoms with van der Waals surface area (Å²) in [5.74, 6) is 0.191. The maximum atomic E-state index is 13.5. The Morgan fingerprint density at radius 1 is 1.05 bits per heavy atom. The van der Waals surface area contributed by atoms with E-state index in [1.165, 1.54) is 0 Å². The van der Waals surface area contributed by atoms with Crippen molar-refractivity contribution < 1.29 is 41.0 Å². The summed E-state index contributed by atoms with van der Waals surface area (Å²) in [6.07, 6.45) is -5.22. The predicted octanol–water partition coefficient (Wildman–Crippen LogP) is 7.13. The Bertz CT molecular complexity index is 1180. The van der Waals surface area contributed by atoms with Crippen LogP contribution in [-0.2, 0) is 23.7 Å². The smallest absolute Gasteiger partial charge is 0.416 e. The normalized spacial score (nSPS) is 24.8. The van der Waals surface area contributed by atoms with Gasteiger partial charge >= 0.3 is 18.3 Å². The van der Waals surface area contributed by atoms with E-state index < -0.39 is 29.4 Å². The van der Waals surface area contributed by atoms with Crippen molar-refractivity contribution in [3.05, 3.63) is 64.7 Å². The maximum absolute atomic E-state index is 13.5. The molecule has 2 aliphatic carbocycles. The number of ether oxygens (including phenoxy) is 1. The second-order valence-corrected chi connectivity index (χ2v) is 11.1. The number of carbonyl (C=O) groups is 1. The molecule has 0 amide bonds. The van der Waals surface area contributed by atoms with Gasteiger partial charge in [0.05, 0.1) is 23.7 Å². The van der Waals surface area contributed by atoms with Crippen LogP contribution < -0.4 is 4.74 Å². The first-order valence-corrected chi connectivity index (χ1v) is 12.8. The van der Waals surface area contributed by atoms with Crippen molar-refractivity contribution in [2.75, 3.05) is 13.1 Å². The number of carboxylic acids is 1. The first-order chi connectivity index (χ1) is 17.8. The molecule has 1 saturated heterocycles. The van der Waals surface area contributed by atoms with Gasteiger partial charge in [-0.3, -0.25) is 9.69 Å².